The van der Waals surface area contributed by atoms with Crippen molar-refractivity contribution in [1.82, 2.24) is 9.97 Å². The number of nitrogens with zero attached hydrogens (tertiary/aromatic N) is 2. The molecule has 0 aliphatic rings. The van der Waals surface area contributed by atoms with Gasteiger partial charge in [0.1, 0.15) is 11.6 Å². The highest BCUT2D eigenvalue weighted by atomic mass is 32.2. The van der Waals surface area contributed by atoms with Crippen LogP contribution in [0.5, 0.6) is 0 Å². The molecule has 0 aliphatic heterocycles. The van der Waals surface area contributed by atoms with Gasteiger partial charge in [-0.25, -0.2) is 9.97 Å². The van der Waals surface area contributed by atoms with Crippen LogP contribution >= 0.6 is 11.8 Å². The van der Waals surface area contributed by atoms with Crippen molar-refractivity contribution in [1.29, 1.82) is 0 Å². The fourth-order valence-electron chi connectivity index (χ4n) is 1.49. The SMILES string of the molecule is COC(=O)CCNc1cc(NCCC(=O)OC)nc(SC)n1. The molecule has 0 amide bonds. The molecule has 2 N–H and O–H groups in total. The Labute approximate surface area is 133 Å². The Kier molecular flexibility index (Phi) is 8.05. The Morgan fingerprint density at radius 2 is 1.50 bits per heavy atom. The zero-order valence-corrected chi connectivity index (χ0v) is 13.7. The van der Waals surface area contributed by atoms with Gasteiger partial charge in [0, 0.05) is 19.2 Å². The van der Waals surface area contributed by atoms with Crippen molar-refractivity contribution < 1.29 is 19.1 Å². The first-order chi connectivity index (χ1) is 10.6. The van der Waals surface area contributed by atoms with E-state index in [0.717, 1.165) is 0 Å². The summed E-state index contributed by atoms with van der Waals surface area (Å²) in [7, 11) is 2.70. The number of esters is 2. The van der Waals surface area contributed by atoms with Crippen molar-refractivity contribution in [3.8, 4) is 0 Å². The lowest BCUT2D eigenvalue weighted by atomic mass is 10.4. The normalized spacial score (nSPS) is 9.95. The lowest BCUT2D eigenvalue weighted by molar-refractivity contribution is -0.141. The van der Waals surface area contributed by atoms with Crippen LogP contribution in [-0.4, -0.2) is 55.5 Å². The van der Waals surface area contributed by atoms with Crippen molar-refractivity contribution in [2.75, 3.05) is 44.2 Å². The number of anilines is 2. The van der Waals surface area contributed by atoms with Crippen LogP contribution in [0.1, 0.15) is 12.8 Å². The molecule has 9 heteroatoms. The van der Waals surface area contributed by atoms with Gasteiger partial charge in [0.25, 0.3) is 0 Å². The Morgan fingerprint density at radius 1 is 1.05 bits per heavy atom. The van der Waals surface area contributed by atoms with Crippen molar-refractivity contribution in [2.24, 2.45) is 0 Å². The summed E-state index contributed by atoms with van der Waals surface area (Å²) in [6, 6.07) is 1.72. The van der Waals surface area contributed by atoms with Gasteiger partial charge in [-0.05, 0) is 6.26 Å². The number of methoxy groups -OCH3 is 2. The quantitative estimate of drug-likeness (QED) is 0.392. The first-order valence-electron chi connectivity index (χ1n) is 6.63. The molecule has 122 valence electrons. The molecule has 22 heavy (non-hydrogen) atoms. The first-order valence-corrected chi connectivity index (χ1v) is 7.86. The second-order valence-electron chi connectivity index (χ2n) is 4.13. The largest absolute Gasteiger partial charge is 0.469 e. The van der Waals surface area contributed by atoms with Gasteiger partial charge in [0.15, 0.2) is 5.16 Å². The van der Waals surface area contributed by atoms with Gasteiger partial charge in [-0.2, -0.15) is 0 Å². The molecule has 0 saturated heterocycles. The molecule has 0 saturated carbocycles. The van der Waals surface area contributed by atoms with E-state index in [0.29, 0.717) is 29.9 Å². The van der Waals surface area contributed by atoms with E-state index in [1.807, 2.05) is 6.26 Å². The zero-order chi connectivity index (χ0) is 16.4. The highest BCUT2D eigenvalue weighted by Crippen LogP contribution is 2.17. The Bertz CT molecular complexity index is 473. The molecule has 0 atom stereocenters. The zero-order valence-electron chi connectivity index (χ0n) is 12.8. The number of aromatic nitrogens is 2. The second-order valence-corrected chi connectivity index (χ2v) is 4.90. The van der Waals surface area contributed by atoms with Crippen LogP contribution in [0.25, 0.3) is 0 Å². The fraction of sp³-hybridized carbons (Fsp3) is 0.538. The smallest absolute Gasteiger partial charge is 0.307 e. The molecule has 0 spiro atoms. The predicted molar refractivity (Wildman–Crippen MR) is 84.1 cm³/mol. The molecule has 0 fully saturated rings. The van der Waals surface area contributed by atoms with Crippen LogP contribution in [-0.2, 0) is 19.1 Å². The number of carbonyl (C=O) groups excluding carboxylic acids is 2. The third kappa shape index (κ3) is 6.61. The van der Waals surface area contributed by atoms with Crippen LogP contribution in [0.3, 0.4) is 0 Å². The molecule has 1 rings (SSSR count). The van der Waals surface area contributed by atoms with Crippen molar-refractivity contribution in [2.45, 2.75) is 18.0 Å². The van der Waals surface area contributed by atoms with E-state index < -0.39 is 0 Å². The van der Waals surface area contributed by atoms with E-state index in [9.17, 15) is 9.59 Å². The van der Waals surface area contributed by atoms with Crippen LogP contribution in [0.4, 0.5) is 11.6 Å². The maximum Gasteiger partial charge on any atom is 0.307 e. The molecular formula is C13H20N4O4S. The van der Waals surface area contributed by atoms with E-state index in [2.05, 4.69) is 30.1 Å². The molecule has 0 bridgehead atoms. The monoisotopic (exact) mass is 328 g/mol. The maximum absolute atomic E-state index is 11.1. The third-order valence-electron chi connectivity index (χ3n) is 2.61. The summed E-state index contributed by atoms with van der Waals surface area (Å²) in [5.41, 5.74) is 0. The van der Waals surface area contributed by atoms with Crippen LogP contribution in [0, 0.1) is 0 Å². The average molecular weight is 328 g/mol. The maximum atomic E-state index is 11.1. The molecular weight excluding hydrogens is 308 g/mol. The van der Waals surface area contributed by atoms with Gasteiger partial charge < -0.3 is 20.1 Å². The number of thioether (sulfide) groups is 1. The summed E-state index contributed by atoms with van der Waals surface area (Å²) in [6.45, 7) is 0.832. The summed E-state index contributed by atoms with van der Waals surface area (Å²) in [6.07, 6.45) is 2.37. The summed E-state index contributed by atoms with van der Waals surface area (Å²) in [4.78, 5) is 30.7. The second kappa shape index (κ2) is 9.82. The molecule has 0 radical (unpaired) electrons. The fourth-order valence-corrected chi connectivity index (χ4v) is 1.87. The number of nitrogens with one attached hydrogen (secondary N) is 2. The van der Waals surface area contributed by atoms with E-state index >= 15 is 0 Å². The van der Waals surface area contributed by atoms with Gasteiger partial charge in [0.2, 0.25) is 0 Å². The summed E-state index contributed by atoms with van der Waals surface area (Å²) >= 11 is 1.40. The van der Waals surface area contributed by atoms with Crippen molar-refractivity contribution >= 4 is 35.3 Å². The molecule has 1 heterocycles. The van der Waals surface area contributed by atoms with Crippen molar-refractivity contribution in [3.05, 3.63) is 6.07 Å². The predicted octanol–water partition coefficient (Wildman–Crippen LogP) is 1.15. The van der Waals surface area contributed by atoms with Crippen LogP contribution in [0.2, 0.25) is 0 Å². The average Bonchev–Trinajstić information content (AvgIpc) is 2.54. The third-order valence-corrected chi connectivity index (χ3v) is 3.16. The van der Waals surface area contributed by atoms with E-state index in [-0.39, 0.29) is 24.8 Å². The minimum Gasteiger partial charge on any atom is -0.469 e. The summed E-state index contributed by atoms with van der Waals surface area (Å²) < 4.78 is 9.14. The number of carbonyl (C=O) groups is 2. The Balaban J connectivity index is 2.59. The molecule has 0 aromatic carbocycles. The Hall–Kier alpha value is -2.03. The topological polar surface area (TPSA) is 102 Å². The van der Waals surface area contributed by atoms with Crippen LogP contribution < -0.4 is 10.6 Å². The van der Waals surface area contributed by atoms with E-state index in [4.69, 9.17) is 0 Å². The minimum atomic E-state index is -0.289. The lowest BCUT2D eigenvalue weighted by Crippen LogP contribution is -2.13. The Morgan fingerprint density at radius 3 is 1.86 bits per heavy atom. The molecule has 0 aliphatic carbocycles. The van der Waals surface area contributed by atoms with Gasteiger partial charge in [-0.1, -0.05) is 11.8 Å². The molecule has 1 aromatic heterocycles. The lowest BCUT2D eigenvalue weighted by Gasteiger charge is -2.10. The number of rotatable bonds is 9. The van der Waals surface area contributed by atoms with Gasteiger partial charge >= 0.3 is 11.9 Å². The van der Waals surface area contributed by atoms with Gasteiger partial charge in [0.05, 0.1) is 27.1 Å². The van der Waals surface area contributed by atoms with Crippen molar-refractivity contribution in [3.63, 3.8) is 0 Å². The number of ether oxygens (including phenoxy) is 2. The van der Waals surface area contributed by atoms with Crippen LogP contribution in [0.15, 0.2) is 11.2 Å². The highest BCUT2D eigenvalue weighted by molar-refractivity contribution is 7.98. The van der Waals surface area contributed by atoms with Gasteiger partial charge in [-0.15, -0.1) is 0 Å². The number of hydrogen-bond acceptors (Lipinski definition) is 9. The highest BCUT2D eigenvalue weighted by Gasteiger charge is 2.06. The summed E-state index contributed by atoms with van der Waals surface area (Å²) in [5, 5.41) is 6.66. The standard InChI is InChI=1S/C13H20N4O4S/c1-20-11(18)4-6-14-9-8-10(17-13(16-9)22-3)15-7-5-12(19)21-2/h8H,4-7H2,1-3H3,(H2,14,15,16,17). The minimum absolute atomic E-state index is 0.250. The molecule has 0 unspecified atom stereocenters. The van der Waals surface area contributed by atoms with Gasteiger partial charge in [-0.3, -0.25) is 9.59 Å². The molecule has 8 nitrogen and oxygen atoms in total. The molecule has 1 aromatic rings. The first kappa shape index (κ1) is 18.0. The number of hydrogen-bond donors (Lipinski definition) is 2. The summed E-state index contributed by atoms with van der Waals surface area (Å²) in [5.74, 6) is 0.624. The van der Waals surface area contributed by atoms with E-state index in [1.54, 1.807) is 6.07 Å². The van der Waals surface area contributed by atoms with E-state index in [1.165, 1.54) is 26.0 Å².